The Morgan fingerprint density at radius 2 is 0.975 bits per heavy atom. The van der Waals surface area contributed by atoms with Crippen LogP contribution < -0.4 is 5.32 Å². The summed E-state index contributed by atoms with van der Waals surface area (Å²) in [6.45, 7) is 4.54. The molecule has 1 nitrogen and oxygen atoms in total. The van der Waals surface area contributed by atoms with Crippen LogP contribution in [0.25, 0.3) is 44.5 Å². The lowest BCUT2D eigenvalue weighted by atomic mass is 9.81. The van der Waals surface area contributed by atoms with Crippen molar-refractivity contribution in [2.24, 2.45) is 0 Å². The van der Waals surface area contributed by atoms with E-state index in [0.29, 0.717) is 0 Å². The third-order valence-corrected chi connectivity index (χ3v) is 8.36. The van der Waals surface area contributed by atoms with E-state index in [9.17, 15) is 0 Å². The van der Waals surface area contributed by atoms with Crippen molar-refractivity contribution in [2.75, 3.05) is 5.32 Å². The van der Waals surface area contributed by atoms with Crippen LogP contribution in [0.15, 0.2) is 133 Å². The number of nitrogens with one attached hydrogen (secondary N) is 1. The maximum atomic E-state index is 4.00. The molecule has 0 saturated heterocycles. The maximum Gasteiger partial charge on any atom is 0.0503 e. The predicted molar refractivity (Wildman–Crippen MR) is 170 cm³/mol. The first kappa shape index (κ1) is 24.2. The Morgan fingerprint density at radius 1 is 0.450 bits per heavy atom. The molecule has 0 unspecified atom stereocenters. The lowest BCUT2D eigenvalue weighted by Crippen LogP contribution is -2.05. The van der Waals surface area contributed by atoms with Gasteiger partial charge in [-0.25, -0.2) is 0 Å². The summed E-state index contributed by atoms with van der Waals surface area (Å²) in [7, 11) is 0. The second kappa shape index (κ2) is 10.0. The molecule has 0 amide bonds. The van der Waals surface area contributed by atoms with Crippen molar-refractivity contribution >= 4 is 11.4 Å². The third kappa shape index (κ3) is 4.03. The summed E-state index contributed by atoms with van der Waals surface area (Å²) in [5.41, 5.74) is 17.8. The summed E-state index contributed by atoms with van der Waals surface area (Å²) in [4.78, 5) is 0. The summed E-state index contributed by atoms with van der Waals surface area (Å²) in [6.07, 6.45) is 0.945. The number of benzene rings is 6. The maximum absolute atomic E-state index is 4.00. The summed E-state index contributed by atoms with van der Waals surface area (Å²) in [5, 5.41) is 4.00. The van der Waals surface area contributed by atoms with Gasteiger partial charge in [-0.2, -0.15) is 0 Å². The Balaban J connectivity index is 1.53. The molecule has 192 valence electrons. The van der Waals surface area contributed by atoms with Gasteiger partial charge in [-0.3, -0.25) is 0 Å². The van der Waals surface area contributed by atoms with Gasteiger partial charge in [-0.1, -0.05) is 127 Å². The Bertz CT molecular complexity index is 1830. The van der Waals surface area contributed by atoms with Crippen LogP contribution in [-0.2, 0) is 6.42 Å². The van der Waals surface area contributed by atoms with E-state index in [-0.39, 0.29) is 0 Å². The summed E-state index contributed by atoms with van der Waals surface area (Å²) < 4.78 is 0. The van der Waals surface area contributed by atoms with Crippen molar-refractivity contribution < 1.29 is 0 Å². The normalized spacial score (nSPS) is 11.7. The molecule has 0 fully saturated rings. The van der Waals surface area contributed by atoms with Gasteiger partial charge in [0.2, 0.25) is 0 Å². The van der Waals surface area contributed by atoms with Crippen LogP contribution >= 0.6 is 0 Å². The first-order valence-electron chi connectivity index (χ1n) is 14.0. The first-order valence-corrected chi connectivity index (χ1v) is 14.0. The number of fused-ring (bicyclic) bond motifs is 3. The Labute approximate surface area is 236 Å². The van der Waals surface area contributed by atoms with Crippen molar-refractivity contribution in [3.05, 3.63) is 156 Å². The number of rotatable bonds is 5. The second-order valence-electron chi connectivity index (χ2n) is 10.6. The van der Waals surface area contributed by atoms with Crippen LogP contribution in [0.2, 0.25) is 0 Å². The highest BCUT2D eigenvalue weighted by Gasteiger charge is 2.25. The lowest BCUT2D eigenvalue weighted by molar-refractivity contribution is 1.25. The van der Waals surface area contributed by atoms with Crippen LogP contribution in [0.4, 0.5) is 11.4 Å². The zero-order valence-corrected chi connectivity index (χ0v) is 22.9. The van der Waals surface area contributed by atoms with E-state index >= 15 is 0 Å². The minimum absolute atomic E-state index is 0.945. The Kier molecular flexibility index (Phi) is 6.06. The zero-order valence-electron chi connectivity index (χ0n) is 22.9. The molecule has 0 bridgehead atoms. The molecule has 0 saturated carbocycles. The topological polar surface area (TPSA) is 12.0 Å². The molecular formula is C39H31N. The number of anilines is 2. The van der Waals surface area contributed by atoms with Crippen molar-refractivity contribution in [2.45, 2.75) is 20.3 Å². The van der Waals surface area contributed by atoms with Crippen LogP contribution in [0.3, 0.4) is 0 Å². The van der Waals surface area contributed by atoms with E-state index in [1.165, 1.54) is 78.1 Å². The SMILES string of the molecule is Cc1c(C)c(-c2ccccc2)c(-c2ccccc2)c(-c2ccccc2)c1Nc1cccc2c1Cc1ccccc1-2. The summed E-state index contributed by atoms with van der Waals surface area (Å²) in [5.74, 6) is 0. The minimum Gasteiger partial charge on any atom is -0.355 e. The van der Waals surface area contributed by atoms with Crippen LogP contribution in [-0.4, -0.2) is 0 Å². The fraction of sp³-hybridized carbons (Fsp3) is 0.0769. The average molecular weight is 514 g/mol. The Morgan fingerprint density at radius 3 is 1.62 bits per heavy atom. The van der Waals surface area contributed by atoms with Crippen LogP contribution in [0.1, 0.15) is 22.3 Å². The third-order valence-electron chi connectivity index (χ3n) is 8.36. The van der Waals surface area contributed by atoms with Gasteiger partial charge in [-0.15, -0.1) is 0 Å². The monoisotopic (exact) mass is 513 g/mol. The van der Waals surface area contributed by atoms with E-state index < -0.39 is 0 Å². The molecule has 0 atom stereocenters. The van der Waals surface area contributed by atoms with E-state index in [2.05, 4.69) is 153 Å². The fourth-order valence-electron chi connectivity index (χ4n) is 6.32. The lowest BCUT2D eigenvalue weighted by Gasteiger charge is -2.26. The molecule has 1 heteroatoms. The molecule has 1 aliphatic carbocycles. The molecule has 0 aliphatic heterocycles. The molecular weight excluding hydrogens is 482 g/mol. The smallest absolute Gasteiger partial charge is 0.0503 e. The van der Waals surface area contributed by atoms with E-state index in [1.807, 2.05) is 0 Å². The largest absolute Gasteiger partial charge is 0.355 e. The van der Waals surface area contributed by atoms with Gasteiger partial charge < -0.3 is 5.32 Å². The predicted octanol–water partition coefficient (Wildman–Crippen LogP) is 10.6. The summed E-state index contributed by atoms with van der Waals surface area (Å²) >= 11 is 0. The van der Waals surface area contributed by atoms with Gasteiger partial charge in [0, 0.05) is 17.7 Å². The summed E-state index contributed by atoms with van der Waals surface area (Å²) in [6, 6.07) is 48.0. The van der Waals surface area contributed by atoms with Crippen LogP contribution in [0.5, 0.6) is 0 Å². The Hall–Kier alpha value is -4.88. The van der Waals surface area contributed by atoms with E-state index in [0.717, 1.165) is 6.42 Å². The highest BCUT2D eigenvalue weighted by molar-refractivity contribution is 6.04. The molecule has 0 aromatic heterocycles. The van der Waals surface area contributed by atoms with Crippen molar-refractivity contribution in [3.8, 4) is 44.5 Å². The molecule has 40 heavy (non-hydrogen) atoms. The average Bonchev–Trinajstić information content (AvgIpc) is 3.40. The van der Waals surface area contributed by atoms with Crippen molar-refractivity contribution in [3.63, 3.8) is 0 Å². The minimum atomic E-state index is 0.945. The van der Waals surface area contributed by atoms with Gasteiger partial charge in [0.1, 0.15) is 0 Å². The van der Waals surface area contributed by atoms with E-state index in [1.54, 1.807) is 0 Å². The first-order chi connectivity index (χ1) is 19.7. The van der Waals surface area contributed by atoms with Gasteiger partial charge in [0.05, 0.1) is 5.69 Å². The zero-order chi connectivity index (χ0) is 27.1. The number of hydrogen-bond donors (Lipinski definition) is 1. The molecule has 1 aliphatic rings. The van der Waals surface area contributed by atoms with E-state index in [4.69, 9.17) is 0 Å². The molecule has 0 spiro atoms. The van der Waals surface area contributed by atoms with Crippen molar-refractivity contribution in [1.82, 2.24) is 0 Å². The quantitative estimate of drug-likeness (QED) is 0.241. The molecule has 6 aromatic rings. The highest BCUT2D eigenvalue weighted by atomic mass is 14.9. The fourth-order valence-corrected chi connectivity index (χ4v) is 6.32. The molecule has 6 aromatic carbocycles. The second-order valence-corrected chi connectivity index (χ2v) is 10.6. The standard InChI is InChI=1S/C39H31N/c1-26-27(2)39(40-35-24-14-23-33-32-22-13-12-21-31(32)25-34(33)35)38(30-19-10-5-11-20-30)37(29-17-8-4-9-18-29)36(26)28-15-6-3-7-16-28/h3-24,40H,25H2,1-2H3. The number of hydrogen-bond acceptors (Lipinski definition) is 1. The van der Waals surface area contributed by atoms with Crippen molar-refractivity contribution in [1.29, 1.82) is 0 Å². The van der Waals surface area contributed by atoms with Gasteiger partial charge in [-0.05, 0) is 81.1 Å². The molecule has 0 radical (unpaired) electrons. The molecule has 7 rings (SSSR count). The van der Waals surface area contributed by atoms with Gasteiger partial charge in [0.15, 0.2) is 0 Å². The molecule has 0 heterocycles. The highest BCUT2D eigenvalue weighted by Crippen LogP contribution is 2.50. The van der Waals surface area contributed by atoms with Gasteiger partial charge in [0.25, 0.3) is 0 Å². The molecule has 1 N–H and O–H groups in total. The van der Waals surface area contributed by atoms with Gasteiger partial charge >= 0.3 is 0 Å². The van der Waals surface area contributed by atoms with Crippen LogP contribution in [0, 0.1) is 13.8 Å².